The largest absolute Gasteiger partial charge is 0.364 e. The molecule has 3 aromatic heterocycles. The number of hydrogen-bond acceptors (Lipinski definition) is 3. The van der Waals surface area contributed by atoms with Gasteiger partial charge in [0, 0.05) is 17.3 Å². The van der Waals surface area contributed by atoms with Crippen LogP contribution in [0.2, 0.25) is 5.15 Å². The fourth-order valence-electron chi connectivity index (χ4n) is 2.71. The van der Waals surface area contributed by atoms with Gasteiger partial charge in [-0.3, -0.25) is 0 Å². The predicted octanol–water partition coefficient (Wildman–Crippen LogP) is 4.46. The van der Waals surface area contributed by atoms with Crippen LogP contribution in [0.3, 0.4) is 0 Å². The number of benzene rings is 1. The van der Waals surface area contributed by atoms with Crippen molar-refractivity contribution in [2.45, 2.75) is 13.5 Å². The van der Waals surface area contributed by atoms with Gasteiger partial charge < -0.3 is 9.72 Å². The number of halogens is 1. The van der Waals surface area contributed by atoms with Crippen molar-refractivity contribution in [1.82, 2.24) is 14.4 Å². The highest BCUT2D eigenvalue weighted by molar-refractivity contribution is 6.34. The minimum Gasteiger partial charge on any atom is -0.364 e. The fraction of sp³-hybridized carbons (Fsp3) is 0.111. The Morgan fingerprint density at radius 2 is 1.96 bits per heavy atom. The number of imidazole rings is 1. The summed E-state index contributed by atoms with van der Waals surface area (Å²) in [6.45, 7) is 2.67. The lowest BCUT2D eigenvalue weighted by Gasteiger charge is -2.06. The zero-order valence-corrected chi connectivity index (χ0v) is 13.4. The number of anilines is 1. The highest BCUT2D eigenvalue weighted by Crippen LogP contribution is 2.24. The number of nitrogens with one attached hydrogen (secondary N) is 1. The van der Waals surface area contributed by atoms with Crippen molar-refractivity contribution >= 4 is 33.8 Å². The number of fused-ring (bicyclic) bond motifs is 2. The van der Waals surface area contributed by atoms with Crippen LogP contribution in [0.4, 0.5) is 5.82 Å². The van der Waals surface area contributed by atoms with E-state index in [0.29, 0.717) is 11.7 Å². The second kappa shape index (κ2) is 5.56. The summed E-state index contributed by atoms with van der Waals surface area (Å²) in [5.74, 6) is 0.752. The Morgan fingerprint density at radius 3 is 2.83 bits per heavy atom. The van der Waals surface area contributed by atoms with Crippen molar-refractivity contribution in [2.24, 2.45) is 0 Å². The zero-order chi connectivity index (χ0) is 15.8. The first kappa shape index (κ1) is 14.0. The highest BCUT2D eigenvalue weighted by Gasteiger charge is 2.06. The number of hydrogen-bond donors (Lipinski definition) is 1. The number of nitrogens with zero attached hydrogens (tertiary/aromatic N) is 3. The first-order valence-corrected chi connectivity index (χ1v) is 7.81. The molecule has 1 aromatic carbocycles. The van der Waals surface area contributed by atoms with Crippen molar-refractivity contribution < 1.29 is 0 Å². The van der Waals surface area contributed by atoms with E-state index in [1.54, 1.807) is 0 Å². The van der Waals surface area contributed by atoms with E-state index in [9.17, 15) is 0 Å². The highest BCUT2D eigenvalue weighted by atomic mass is 35.5. The fourth-order valence-corrected chi connectivity index (χ4v) is 2.98. The van der Waals surface area contributed by atoms with Crippen LogP contribution >= 0.6 is 11.6 Å². The van der Waals surface area contributed by atoms with E-state index < -0.39 is 0 Å². The van der Waals surface area contributed by atoms with Gasteiger partial charge in [-0.05, 0) is 30.5 Å². The normalized spacial score (nSPS) is 11.2. The maximum atomic E-state index is 6.26. The third kappa shape index (κ3) is 2.62. The summed E-state index contributed by atoms with van der Waals surface area (Å²) in [7, 11) is 0. The summed E-state index contributed by atoms with van der Waals surface area (Å²) < 4.78 is 2.08. The monoisotopic (exact) mass is 322 g/mol. The number of aromatic nitrogens is 3. The van der Waals surface area contributed by atoms with Crippen LogP contribution in [0.1, 0.15) is 11.4 Å². The van der Waals surface area contributed by atoms with Crippen LogP contribution < -0.4 is 5.32 Å². The lowest BCUT2D eigenvalue weighted by atomic mass is 10.2. The molecule has 4 nitrogen and oxygen atoms in total. The first-order valence-electron chi connectivity index (χ1n) is 7.43. The average Bonchev–Trinajstić information content (AvgIpc) is 2.98. The van der Waals surface area contributed by atoms with Gasteiger partial charge in [0.15, 0.2) is 0 Å². The number of aryl methyl sites for hydroxylation is 1. The third-order valence-electron chi connectivity index (χ3n) is 3.89. The minimum atomic E-state index is 0.511. The van der Waals surface area contributed by atoms with E-state index in [4.69, 9.17) is 11.6 Å². The molecule has 1 N–H and O–H groups in total. The van der Waals surface area contributed by atoms with Crippen LogP contribution in [-0.2, 0) is 6.54 Å². The Kier molecular flexibility index (Phi) is 3.39. The Bertz CT molecular complexity index is 1010. The van der Waals surface area contributed by atoms with Crippen molar-refractivity contribution in [1.29, 1.82) is 0 Å². The molecule has 5 heteroatoms. The molecule has 0 aliphatic carbocycles. The summed E-state index contributed by atoms with van der Waals surface area (Å²) in [5, 5.41) is 5.84. The van der Waals surface area contributed by atoms with Crippen LogP contribution in [0, 0.1) is 6.92 Å². The molecule has 0 aliphatic rings. The average molecular weight is 323 g/mol. The van der Waals surface area contributed by atoms with Gasteiger partial charge in [-0.15, -0.1) is 0 Å². The Hall–Kier alpha value is -2.59. The molecule has 4 aromatic rings. The Labute approximate surface area is 138 Å². The van der Waals surface area contributed by atoms with E-state index in [1.807, 2.05) is 48.7 Å². The molecule has 0 fully saturated rings. The topological polar surface area (TPSA) is 42.2 Å². The van der Waals surface area contributed by atoms with Gasteiger partial charge in [-0.2, -0.15) is 0 Å². The molecular formula is C18H15ClN4. The number of rotatable bonds is 3. The molecule has 0 radical (unpaired) electrons. The molecule has 0 saturated heterocycles. The summed E-state index contributed by atoms with van der Waals surface area (Å²) in [6, 6.07) is 16.0. The van der Waals surface area contributed by atoms with Gasteiger partial charge in [0.05, 0.1) is 12.2 Å². The van der Waals surface area contributed by atoms with E-state index in [1.165, 1.54) is 0 Å². The van der Waals surface area contributed by atoms with Gasteiger partial charge in [0.2, 0.25) is 0 Å². The van der Waals surface area contributed by atoms with Crippen molar-refractivity contribution in [3.63, 3.8) is 0 Å². The van der Waals surface area contributed by atoms with Crippen LogP contribution in [0.15, 0.2) is 54.7 Å². The molecule has 3 heterocycles. The zero-order valence-electron chi connectivity index (χ0n) is 12.6. The predicted molar refractivity (Wildman–Crippen MR) is 94.0 cm³/mol. The first-order chi connectivity index (χ1) is 11.2. The second-order valence-electron chi connectivity index (χ2n) is 5.50. The molecule has 114 valence electrons. The van der Waals surface area contributed by atoms with Crippen LogP contribution in [-0.4, -0.2) is 14.4 Å². The molecule has 0 atom stereocenters. The van der Waals surface area contributed by atoms with E-state index >= 15 is 0 Å². The van der Waals surface area contributed by atoms with Crippen molar-refractivity contribution in [3.05, 3.63) is 71.3 Å². The summed E-state index contributed by atoms with van der Waals surface area (Å²) in [6.07, 6.45) is 2.04. The second-order valence-corrected chi connectivity index (χ2v) is 5.86. The van der Waals surface area contributed by atoms with Crippen LogP contribution in [0.5, 0.6) is 0 Å². The van der Waals surface area contributed by atoms with Crippen molar-refractivity contribution in [2.75, 3.05) is 5.32 Å². The molecule has 0 bridgehead atoms. The summed E-state index contributed by atoms with van der Waals surface area (Å²) >= 11 is 6.26. The Morgan fingerprint density at radius 1 is 1.09 bits per heavy atom. The van der Waals surface area contributed by atoms with E-state index in [2.05, 4.69) is 32.7 Å². The minimum absolute atomic E-state index is 0.511. The van der Waals surface area contributed by atoms with E-state index in [-0.39, 0.29) is 0 Å². The molecule has 0 saturated carbocycles. The van der Waals surface area contributed by atoms with Gasteiger partial charge in [0.1, 0.15) is 16.6 Å². The summed E-state index contributed by atoms with van der Waals surface area (Å²) in [5.41, 5.74) is 3.07. The molecular weight excluding hydrogens is 308 g/mol. The maximum Gasteiger partial charge on any atom is 0.139 e. The van der Waals surface area contributed by atoms with Crippen LogP contribution in [0.25, 0.3) is 16.4 Å². The smallest absolute Gasteiger partial charge is 0.139 e. The third-order valence-corrected chi connectivity index (χ3v) is 4.18. The summed E-state index contributed by atoms with van der Waals surface area (Å²) in [4.78, 5) is 9.02. The molecule has 4 rings (SSSR count). The van der Waals surface area contributed by atoms with Gasteiger partial charge >= 0.3 is 0 Å². The molecule has 0 unspecified atom stereocenters. The number of pyridine rings is 2. The lowest BCUT2D eigenvalue weighted by Crippen LogP contribution is -2.01. The SMILES string of the molecule is Cc1cccc2nc(CNc3cc4ccccc4c(Cl)n3)cn12. The standard InChI is InChI=1S/C18H15ClN4/c1-12-5-4-8-17-21-14(11-23(12)17)10-20-16-9-13-6-2-3-7-15(13)18(19)22-16/h2-9,11H,10H2,1H3,(H,20,22). The maximum absolute atomic E-state index is 6.26. The van der Waals surface area contributed by atoms with Gasteiger partial charge in [0.25, 0.3) is 0 Å². The quantitative estimate of drug-likeness (QED) is 0.566. The molecule has 0 spiro atoms. The Balaban J connectivity index is 1.61. The molecule has 0 aliphatic heterocycles. The molecule has 0 amide bonds. The van der Waals surface area contributed by atoms with Gasteiger partial charge in [-0.1, -0.05) is 41.9 Å². The molecule has 23 heavy (non-hydrogen) atoms. The van der Waals surface area contributed by atoms with Crippen molar-refractivity contribution in [3.8, 4) is 0 Å². The van der Waals surface area contributed by atoms with E-state index in [0.717, 1.165) is 33.6 Å². The van der Waals surface area contributed by atoms with Gasteiger partial charge in [-0.25, -0.2) is 9.97 Å². The lowest BCUT2D eigenvalue weighted by molar-refractivity contribution is 1.05.